The third-order valence-electron chi connectivity index (χ3n) is 2.91. The maximum Gasteiger partial charge on any atom is 0.387 e. The highest BCUT2D eigenvalue weighted by Crippen LogP contribution is 2.24. The zero-order valence-corrected chi connectivity index (χ0v) is 11.9. The maximum absolute atomic E-state index is 12.4. The minimum atomic E-state index is -2.87. The van der Waals surface area contributed by atoms with Crippen molar-refractivity contribution in [2.24, 2.45) is 0 Å². The minimum absolute atomic E-state index is 0.0907. The van der Waals surface area contributed by atoms with E-state index < -0.39 is 6.61 Å². The molecule has 0 amide bonds. The van der Waals surface area contributed by atoms with Crippen LogP contribution >= 0.6 is 11.6 Å². The first-order valence-corrected chi connectivity index (χ1v) is 6.77. The van der Waals surface area contributed by atoms with Crippen LogP contribution in [0.3, 0.4) is 0 Å². The van der Waals surface area contributed by atoms with E-state index in [2.05, 4.69) is 9.72 Å². The molecule has 3 nitrogen and oxygen atoms in total. The molecule has 112 valence electrons. The van der Waals surface area contributed by atoms with E-state index in [1.807, 2.05) is 0 Å². The summed E-state index contributed by atoms with van der Waals surface area (Å²) < 4.78 is 34.7. The molecule has 0 aliphatic carbocycles. The van der Waals surface area contributed by atoms with Gasteiger partial charge in [-0.25, -0.2) is 4.98 Å². The van der Waals surface area contributed by atoms with Gasteiger partial charge >= 0.3 is 6.61 Å². The summed E-state index contributed by atoms with van der Waals surface area (Å²) >= 11 is 5.88. The number of oxazole rings is 1. The lowest BCUT2D eigenvalue weighted by Crippen LogP contribution is -2.02. The summed E-state index contributed by atoms with van der Waals surface area (Å²) in [5.74, 6) is 0.442. The molecule has 0 unspecified atom stereocenters. The quantitative estimate of drug-likeness (QED) is 0.658. The lowest BCUT2D eigenvalue weighted by Gasteiger charge is -2.06. The van der Waals surface area contributed by atoms with E-state index in [4.69, 9.17) is 16.0 Å². The van der Waals surface area contributed by atoms with Gasteiger partial charge in [0.05, 0.1) is 0 Å². The normalized spacial score (nSPS) is 11.6. The molecule has 0 fully saturated rings. The van der Waals surface area contributed by atoms with E-state index in [1.165, 1.54) is 6.07 Å². The van der Waals surface area contributed by atoms with Crippen LogP contribution in [-0.4, -0.2) is 11.6 Å². The zero-order valence-electron chi connectivity index (χ0n) is 11.2. The molecule has 2 aromatic carbocycles. The number of fused-ring (bicyclic) bond motifs is 1. The van der Waals surface area contributed by atoms with Crippen molar-refractivity contribution in [3.8, 4) is 5.75 Å². The largest absolute Gasteiger partial charge is 0.437 e. The van der Waals surface area contributed by atoms with Crippen molar-refractivity contribution >= 4 is 34.9 Å². The lowest BCUT2D eigenvalue weighted by molar-refractivity contribution is -0.0499. The molecule has 0 bridgehead atoms. The Morgan fingerprint density at radius 3 is 2.77 bits per heavy atom. The van der Waals surface area contributed by atoms with Gasteiger partial charge < -0.3 is 9.15 Å². The van der Waals surface area contributed by atoms with Gasteiger partial charge in [-0.05, 0) is 30.3 Å². The predicted molar refractivity (Wildman–Crippen MR) is 81.0 cm³/mol. The lowest BCUT2D eigenvalue weighted by atomic mass is 10.2. The Balaban J connectivity index is 1.89. The van der Waals surface area contributed by atoms with E-state index in [-0.39, 0.29) is 5.75 Å². The number of benzene rings is 2. The van der Waals surface area contributed by atoms with Crippen LogP contribution in [0.1, 0.15) is 11.5 Å². The van der Waals surface area contributed by atoms with Crippen molar-refractivity contribution in [2.75, 3.05) is 0 Å². The second kappa shape index (κ2) is 6.15. The molecule has 1 heterocycles. The molecule has 6 heteroatoms. The fourth-order valence-electron chi connectivity index (χ4n) is 1.97. The number of hydrogen-bond acceptors (Lipinski definition) is 3. The Kier molecular flexibility index (Phi) is 4.06. The van der Waals surface area contributed by atoms with Crippen molar-refractivity contribution in [1.82, 2.24) is 4.98 Å². The average Bonchev–Trinajstić information content (AvgIpc) is 2.87. The first kappa shape index (κ1) is 14.5. The van der Waals surface area contributed by atoms with Gasteiger partial charge in [0, 0.05) is 16.7 Å². The molecule has 0 aliphatic heterocycles. The van der Waals surface area contributed by atoms with Crippen LogP contribution in [0.15, 0.2) is 46.9 Å². The number of rotatable bonds is 4. The van der Waals surface area contributed by atoms with E-state index in [9.17, 15) is 8.78 Å². The van der Waals surface area contributed by atoms with Crippen LogP contribution in [0, 0.1) is 0 Å². The summed E-state index contributed by atoms with van der Waals surface area (Å²) in [7, 11) is 0. The zero-order chi connectivity index (χ0) is 15.5. The first-order valence-electron chi connectivity index (χ1n) is 6.40. The highest BCUT2D eigenvalue weighted by molar-refractivity contribution is 6.31. The van der Waals surface area contributed by atoms with Gasteiger partial charge in [-0.15, -0.1) is 0 Å². The van der Waals surface area contributed by atoms with Crippen molar-refractivity contribution < 1.29 is 17.9 Å². The maximum atomic E-state index is 12.4. The number of para-hydroxylation sites is 1. The molecule has 22 heavy (non-hydrogen) atoms. The number of aromatic nitrogens is 1. The van der Waals surface area contributed by atoms with Gasteiger partial charge in [0.15, 0.2) is 5.58 Å². The highest BCUT2D eigenvalue weighted by atomic mass is 35.5. The Morgan fingerprint density at radius 2 is 1.95 bits per heavy atom. The molecule has 0 atom stereocenters. The molecule has 0 aliphatic rings. The number of halogens is 3. The van der Waals surface area contributed by atoms with Gasteiger partial charge in [0.2, 0.25) is 5.89 Å². The molecule has 0 saturated carbocycles. The van der Waals surface area contributed by atoms with E-state index in [0.717, 1.165) is 0 Å². The van der Waals surface area contributed by atoms with Crippen molar-refractivity contribution in [1.29, 1.82) is 0 Å². The molecule has 0 spiro atoms. The fourth-order valence-corrected chi connectivity index (χ4v) is 2.14. The molecule has 0 saturated heterocycles. The molecule has 3 rings (SSSR count). The van der Waals surface area contributed by atoms with Crippen LogP contribution in [0.25, 0.3) is 23.3 Å². The molecule has 3 aromatic rings. The molecule has 0 N–H and O–H groups in total. The monoisotopic (exact) mass is 321 g/mol. The van der Waals surface area contributed by atoms with Crippen molar-refractivity contribution in [3.05, 3.63) is 58.9 Å². The van der Waals surface area contributed by atoms with Crippen LogP contribution in [0.2, 0.25) is 5.02 Å². The topological polar surface area (TPSA) is 35.3 Å². The first-order chi connectivity index (χ1) is 10.6. The highest BCUT2D eigenvalue weighted by Gasteiger charge is 2.08. The molecule has 1 aromatic heterocycles. The number of hydrogen-bond donors (Lipinski definition) is 0. The SMILES string of the molecule is FC(F)Oc1ccccc1/C=C/c1nc2cc(Cl)ccc2o1. The van der Waals surface area contributed by atoms with Gasteiger partial charge in [-0.1, -0.05) is 29.8 Å². The van der Waals surface area contributed by atoms with Crippen LogP contribution < -0.4 is 4.74 Å². The second-order valence-electron chi connectivity index (χ2n) is 4.41. The van der Waals surface area contributed by atoms with Gasteiger partial charge in [-0.2, -0.15) is 8.78 Å². The van der Waals surface area contributed by atoms with Crippen LogP contribution in [0.5, 0.6) is 5.75 Å². The number of ether oxygens (including phenoxy) is 1. The third kappa shape index (κ3) is 3.26. The van der Waals surface area contributed by atoms with Crippen LogP contribution in [0.4, 0.5) is 8.78 Å². The smallest absolute Gasteiger partial charge is 0.387 e. The fraction of sp³-hybridized carbons (Fsp3) is 0.0625. The Hall–Kier alpha value is -2.40. The number of alkyl halides is 2. The van der Waals surface area contributed by atoms with Crippen molar-refractivity contribution in [3.63, 3.8) is 0 Å². The summed E-state index contributed by atoms with van der Waals surface area (Å²) in [4.78, 5) is 4.25. The summed E-state index contributed by atoms with van der Waals surface area (Å²) in [5, 5.41) is 0.562. The Bertz CT molecular complexity index is 830. The van der Waals surface area contributed by atoms with Gasteiger partial charge in [0.25, 0.3) is 0 Å². The summed E-state index contributed by atoms with van der Waals surface area (Å²) in [6, 6.07) is 11.6. The average molecular weight is 322 g/mol. The van der Waals surface area contributed by atoms with E-state index >= 15 is 0 Å². The van der Waals surface area contributed by atoms with Crippen LogP contribution in [-0.2, 0) is 0 Å². The molecular weight excluding hydrogens is 312 g/mol. The minimum Gasteiger partial charge on any atom is -0.437 e. The van der Waals surface area contributed by atoms with Gasteiger partial charge in [-0.3, -0.25) is 0 Å². The standard InChI is InChI=1S/C16H10ClF2NO2/c17-11-6-7-14-12(9-11)20-15(21-14)8-5-10-3-1-2-4-13(10)22-16(18)19/h1-9,16H/b8-5+. The summed E-state index contributed by atoms with van der Waals surface area (Å²) in [6.45, 7) is -2.87. The third-order valence-corrected chi connectivity index (χ3v) is 3.14. The summed E-state index contributed by atoms with van der Waals surface area (Å²) in [6.07, 6.45) is 3.19. The summed E-state index contributed by atoms with van der Waals surface area (Å²) in [5.41, 5.74) is 1.73. The molecule has 0 radical (unpaired) electrons. The second-order valence-corrected chi connectivity index (χ2v) is 4.85. The van der Waals surface area contributed by atoms with E-state index in [1.54, 1.807) is 48.6 Å². The number of nitrogens with zero attached hydrogens (tertiary/aromatic N) is 1. The predicted octanol–water partition coefficient (Wildman–Crippen LogP) is 5.25. The molecular formula is C16H10ClF2NO2. The van der Waals surface area contributed by atoms with E-state index in [0.29, 0.717) is 27.6 Å². The Morgan fingerprint density at radius 1 is 1.14 bits per heavy atom. The van der Waals surface area contributed by atoms with Crippen molar-refractivity contribution in [2.45, 2.75) is 6.61 Å². The van der Waals surface area contributed by atoms with Gasteiger partial charge in [0.1, 0.15) is 11.3 Å². The Labute approximate surface area is 129 Å².